The maximum absolute atomic E-state index is 3.66. The predicted octanol–water partition coefficient (Wildman–Crippen LogP) is 2.42. The molecule has 0 radical (unpaired) electrons. The number of hydrogen-bond acceptors (Lipinski definition) is 2. The average Bonchev–Trinajstić information content (AvgIpc) is 2.84. The highest BCUT2D eigenvalue weighted by Gasteiger charge is 2.17. The zero-order valence-electron chi connectivity index (χ0n) is 10.6. The summed E-state index contributed by atoms with van der Waals surface area (Å²) in [6, 6.07) is 0.724. The van der Waals surface area contributed by atoms with Crippen molar-refractivity contribution in [2.75, 3.05) is 26.2 Å². The summed E-state index contributed by atoms with van der Waals surface area (Å²) in [6.45, 7) is 7.37. The average molecular weight is 222 g/mol. The van der Waals surface area contributed by atoms with E-state index in [0.717, 1.165) is 12.0 Å². The fourth-order valence-corrected chi connectivity index (χ4v) is 2.85. The number of nitrogens with one attached hydrogen (secondary N) is 1. The van der Waals surface area contributed by atoms with E-state index >= 15 is 0 Å². The standard InChI is InChI=1S/C14H26N2/c1-13(16-9-5-6-10-16)11-15-12-14-7-3-2-4-8-14/h2-3,13-15H,4-12H2,1H3. The minimum Gasteiger partial charge on any atom is -0.315 e. The number of nitrogens with zero attached hydrogens (tertiary/aromatic N) is 1. The summed E-state index contributed by atoms with van der Waals surface area (Å²) >= 11 is 0. The SMILES string of the molecule is CC(CNCC1CC=CCC1)N1CCCC1. The molecule has 2 atom stereocenters. The fourth-order valence-electron chi connectivity index (χ4n) is 2.85. The molecular formula is C14H26N2. The maximum Gasteiger partial charge on any atom is 0.0192 e. The summed E-state index contributed by atoms with van der Waals surface area (Å²) in [5.41, 5.74) is 0. The van der Waals surface area contributed by atoms with Crippen LogP contribution in [-0.2, 0) is 0 Å². The number of allylic oxidation sites excluding steroid dienone is 2. The molecular weight excluding hydrogens is 196 g/mol. The van der Waals surface area contributed by atoms with Gasteiger partial charge in [0.1, 0.15) is 0 Å². The lowest BCUT2D eigenvalue weighted by molar-refractivity contribution is 0.248. The van der Waals surface area contributed by atoms with Gasteiger partial charge < -0.3 is 5.32 Å². The van der Waals surface area contributed by atoms with Crippen molar-refractivity contribution in [3.63, 3.8) is 0 Å². The van der Waals surface area contributed by atoms with E-state index < -0.39 is 0 Å². The first-order valence-corrected chi connectivity index (χ1v) is 6.96. The van der Waals surface area contributed by atoms with Gasteiger partial charge in [0, 0.05) is 12.6 Å². The molecule has 1 heterocycles. The molecule has 0 aromatic rings. The van der Waals surface area contributed by atoms with Crippen molar-refractivity contribution in [2.24, 2.45) is 5.92 Å². The minimum atomic E-state index is 0.724. The summed E-state index contributed by atoms with van der Waals surface area (Å²) in [4.78, 5) is 2.62. The topological polar surface area (TPSA) is 15.3 Å². The van der Waals surface area contributed by atoms with Gasteiger partial charge in [0.05, 0.1) is 0 Å². The van der Waals surface area contributed by atoms with Gasteiger partial charge in [0.25, 0.3) is 0 Å². The van der Waals surface area contributed by atoms with Crippen molar-refractivity contribution in [1.82, 2.24) is 10.2 Å². The Morgan fingerprint density at radius 3 is 2.81 bits per heavy atom. The summed E-state index contributed by atoms with van der Waals surface area (Å²) in [5, 5.41) is 3.66. The molecule has 0 saturated carbocycles. The second kappa shape index (κ2) is 6.41. The van der Waals surface area contributed by atoms with E-state index in [2.05, 4.69) is 29.3 Å². The molecule has 2 nitrogen and oxygen atoms in total. The van der Waals surface area contributed by atoms with Gasteiger partial charge in [-0.1, -0.05) is 12.2 Å². The van der Waals surface area contributed by atoms with Crippen LogP contribution in [0.25, 0.3) is 0 Å². The van der Waals surface area contributed by atoms with Crippen molar-refractivity contribution >= 4 is 0 Å². The van der Waals surface area contributed by atoms with Crippen LogP contribution in [0.3, 0.4) is 0 Å². The molecule has 92 valence electrons. The van der Waals surface area contributed by atoms with Crippen LogP contribution in [0.5, 0.6) is 0 Å². The zero-order chi connectivity index (χ0) is 11.2. The molecule has 1 fully saturated rings. The second-order valence-corrected chi connectivity index (χ2v) is 5.40. The highest BCUT2D eigenvalue weighted by atomic mass is 15.2. The van der Waals surface area contributed by atoms with Crippen LogP contribution >= 0.6 is 0 Å². The Bertz CT molecular complexity index is 219. The lowest BCUT2D eigenvalue weighted by atomic mass is 9.94. The van der Waals surface area contributed by atoms with Crippen molar-refractivity contribution in [1.29, 1.82) is 0 Å². The van der Waals surface area contributed by atoms with Crippen LogP contribution in [0, 0.1) is 5.92 Å². The van der Waals surface area contributed by atoms with Crippen molar-refractivity contribution in [3.05, 3.63) is 12.2 Å². The molecule has 1 N–H and O–H groups in total. The van der Waals surface area contributed by atoms with Crippen LogP contribution in [0.2, 0.25) is 0 Å². The summed E-state index contributed by atoms with van der Waals surface area (Å²) in [7, 11) is 0. The predicted molar refractivity (Wildman–Crippen MR) is 69.6 cm³/mol. The van der Waals surface area contributed by atoms with E-state index in [1.54, 1.807) is 0 Å². The van der Waals surface area contributed by atoms with Gasteiger partial charge >= 0.3 is 0 Å². The molecule has 0 amide bonds. The first-order valence-electron chi connectivity index (χ1n) is 6.96. The third-order valence-electron chi connectivity index (χ3n) is 4.01. The highest BCUT2D eigenvalue weighted by Crippen LogP contribution is 2.17. The molecule has 2 unspecified atom stereocenters. The van der Waals surface area contributed by atoms with Gasteiger partial charge in [0.15, 0.2) is 0 Å². The van der Waals surface area contributed by atoms with Gasteiger partial charge in [-0.3, -0.25) is 4.90 Å². The molecule has 0 aromatic carbocycles. The first kappa shape index (κ1) is 12.1. The van der Waals surface area contributed by atoms with Crippen LogP contribution in [0.4, 0.5) is 0 Å². The molecule has 2 rings (SSSR count). The van der Waals surface area contributed by atoms with Crippen LogP contribution in [0.15, 0.2) is 12.2 Å². The Balaban J connectivity index is 1.58. The maximum atomic E-state index is 3.66. The van der Waals surface area contributed by atoms with Crippen molar-refractivity contribution in [2.45, 2.75) is 45.1 Å². The zero-order valence-corrected chi connectivity index (χ0v) is 10.6. The molecule has 0 spiro atoms. The van der Waals surface area contributed by atoms with E-state index in [-0.39, 0.29) is 0 Å². The summed E-state index contributed by atoms with van der Waals surface area (Å²) in [5.74, 6) is 0.885. The molecule has 1 saturated heterocycles. The third-order valence-corrected chi connectivity index (χ3v) is 4.01. The van der Waals surface area contributed by atoms with Crippen LogP contribution < -0.4 is 5.32 Å². The Kier molecular flexibility index (Phi) is 4.86. The normalized spacial score (nSPS) is 28.4. The molecule has 1 aliphatic heterocycles. The number of hydrogen-bond donors (Lipinski definition) is 1. The van der Waals surface area contributed by atoms with Crippen molar-refractivity contribution in [3.8, 4) is 0 Å². The third kappa shape index (κ3) is 3.60. The lowest BCUT2D eigenvalue weighted by Crippen LogP contribution is -2.40. The molecule has 0 aromatic heterocycles. The Morgan fingerprint density at radius 2 is 2.12 bits per heavy atom. The Hall–Kier alpha value is -0.340. The van der Waals surface area contributed by atoms with E-state index in [1.165, 1.54) is 58.3 Å². The van der Waals surface area contributed by atoms with Crippen molar-refractivity contribution < 1.29 is 0 Å². The first-order chi connectivity index (χ1) is 7.86. The Labute approximate surface area is 100 Å². The van der Waals surface area contributed by atoms with E-state index in [9.17, 15) is 0 Å². The quantitative estimate of drug-likeness (QED) is 0.719. The molecule has 0 bridgehead atoms. The molecule has 2 heteroatoms. The fraction of sp³-hybridized carbons (Fsp3) is 0.857. The summed E-state index contributed by atoms with van der Waals surface area (Å²) in [6.07, 6.45) is 11.4. The highest BCUT2D eigenvalue weighted by molar-refractivity contribution is 4.90. The van der Waals surface area contributed by atoms with Gasteiger partial charge in [0.2, 0.25) is 0 Å². The van der Waals surface area contributed by atoms with Crippen LogP contribution in [0.1, 0.15) is 39.0 Å². The van der Waals surface area contributed by atoms with Gasteiger partial charge in [-0.2, -0.15) is 0 Å². The van der Waals surface area contributed by atoms with E-state index in [0.29, 0.717) is 0 Å². The molecule has 1 aliphatic carbocycles. The monoisotopic (exact) mass is 222 g/mol. The van der Waals surface area contributed by atoms with Gasteiger partial charge in [-0.05, 0) is 64.6 Å². The van der Waals surface area contributed by atoms with E-state index in [4.69, 9.17) is 0 Å². The Morgan fingerprint density at radius 1 is 1.31 bits per heavy atom. The van der Waals surface area contributed by atoms with Gasteiger partial charge in [-0.25, -0.2) is 0 Å². The molecule has 16 heavy (non-hydrogen) atoms. The second-order valence-electron chi connectivity index (χ2n) is 5.40. The largest absolute Gasteiger partial charge is 0.315 e. The number of rotatable bonds is 5. The number of likely N-dealkylation sites (tertiary alicyclic amines) is 1. The van der Waals surface area contributed by atoms with Crippen LogP contribution in [-0.4, -0.2) is 37.1 Å². The lowest BCUT2D eigenvalue weighted by Gasteiger charge is -2.25. The smallest absolute Gasteiger partial charge is 0.0192 e. The van der Waals surface area contributed by atoms with Gasteiger partial charge in [-0.15, -0.1) is 0 Å². The minimum absolute atomic E-state index is 0.724. The molecule has 2 aliphatic rings. The summed E-state index contributed by atoms with van der Waals surface area (Å²) < 4.78 is 0. The van der Waals surface area contributed by atoms with E-state index in [1.807, 2.05) is 0 Å².